The van der Waals surface area contributed by atoms with Crippen molar-refractivity contribution in [2.45, 2.75) is 25.8 Å². The minimum atomic E-state index is -1.38. The van der Waals surface area contributed by atoms with Crippen LogP contribution in [0, 0.1) is 11.8 Å². The molecular weight excluding hydrogens is 340 g/mol. The molecule has 1 aromatic rings. The van der Waals surface area contributed by atoms with Gasteiger partial charge in [-0.1, -0.05) is 37.3 Å². The van der Waals surface area contributed by atoms with Crippen molar-refractivity contribution < 1.29 is 28.7 Å². The second-order valence-electron chi connectivity index (χ2n) is 5.82. The van der Waals surface area contributed by atoms with Gasteiger partial charge in [-0.05, 0) is 12.0 Å². The van der Waals surface area contributed by atoms with Gasteiger partial charge < -0.3 is 20.5 Å². The predicted octanol–water partition coefficient (Wildman–Crippen LogP) is 0.188. The Morgan fingerprint density at radius 2 is 1.58 bits per heavy atom. The van der Waals surface area contributed by atoms with Crippen molar-refractivity contribution in [1.82, 2.24) is 5.32 Å². The summed E-state index contributed by atoms with van der Waals surface area (Å²) < 4.78 is 9.18. The van der Waals surface area contributed by atoms with Gasteiger partial charge in [0.2, 0.25) is 11.8 Å². The highest BCUT2D eigenvalue weighted by Gasteiger charge is 2.41. The number of nitrogens with two attached hydrogens (primary N) is 1. The van der Waals surface area contributed by atoms with Gasteiger partial charge in [0.05, 0.1) is 14.2 Å². The van der Waals surface area contributed by atoms with Crippen LogP contribution in [0.3, 0.4) is 0 Å². The molecule has 26 heavy (non-hydrogen) atoms. The third kappa shape index (κ3) is 5.87. The van der Waals surface area contributed by atoms with E-state index in [9.17, 15) is 19.2 Å². The Morgan fingerprint density at radius 1 is 1.04 bits per heavy atom. The van der Waals surface area contributed by atoms with Crippen LogP contribution in [0.4, 0.5) is 0 Å². The van der Waals surface area contributed by atoms with Crippen LogP contribution >= 0.6 is 0 Å². The number of carbonyl (C=O) groups excluding carboxylic acids is 4. The highest BCUT2D eigenvalue weighted by Crippen LogP contribution is 2.19. The molecule has 142 valence electrons. The van der Waals surface area contributed by atoms with Gasteiger partial charge in [-0.25, -0.2) is 0 Å². The lowest BCUT2D eigenvalue weighted by Crippen LogP contribution is -2.52. The van der Waals surface area contributed by atoms with Crippen molar-refractivity contribution in [2.24, 2.45) is 17.6 Å². The average molecular weight is 364 g/mol. The maximum atomic E-state index is 12.2. The first kappa shape index (κ1) is 21.1. The third-order valence-electron chi connectivity index (χ3n) is 4.07. The van der Waals surface area contributed by atoms with Gasteiger partial charge in [-0.3, -0.25) is 19.2 Å². The first-order valence-corrected chi connectivity index (χ1v) is 8.10. The number of ether oxygens (including phenoxy) is 2. The van der Waals surface area contributed by atoms with Crippen molar-refractivity contribution in [3.63, 3.8) is 0 Å². The molecule has 0 fully saturated rings. The quantitative estimate of drug-likeness (QED) is 0.476. The van der Waals surface area contributed by atoms with E-state index in [1.807, 2.05) is 30.3 Å². The summed E-state index contributed by atoms with van der Waals surface area (Å²) in [7, 11) is 2.23. The molecular formula is C18H24N2O6. The first-order valence-electron chi connectivity index (χ1n) is 8.10. The molecule has 3 N–H and O–H groups in total. The van der Waals surface area contributed by atoms with Gasteiger partial charge in [0.15, 0.2) is 5.92 Å². The average Bonchev–Trinajstić information content (AvgIpc) is 2.64. The Labute approximate surface area is 152 Å². The lowest BCUT2D eigenvalue weighted by Gasteiger charge is -2.26. The van der Waals surface area contributed by atoms with Crippen molar-refractivity contribution in [3.05, 3.63) is 35.9 Å². The molecule has 1 aromatic carbocycles. The number of methoxy groups -OCH3 is 2. The molecule has 0 aliphatic carbocycles. The summed E-state index contributed by atoms with van der Waals surface area (Å²) in [5.41, 5.74) is 6.32. The normalized spacial score (nSPS) is 12.8. The number of aryl methyl sites for hydroxylation is 1. The second kappa shape index (κ2) is 10.2. The van der Waals surface area contributed by atoms with E-state index >= 15 is 0 Å². The van der Waals surface area contributed by atoms with Crippen LogP contribution in [0.15, 0.2) is 30.3 Å². The Balaban J connectivity index is 2.82. The number of rotatable bonds is 9. The van der Waals surface area contributed by atoms with Crippen LogP contribution < -0.4 is 11.1 Å². The van der Waals surface area contributed by atoms with Gasteiger partial charge in [0.1, 0.15) is 6.04 Å². The number of hydrogen-bond acceptors (Lipinski definition) is 6. The SMILES string of the molecule is COC(=O)C(C(=O)OC)[C@@H](C)[C@@H](NC(=O)CCc1ccccc1)C(N)=O. The second-order valence-corrected chi connectivity index (χ2v) is 5.82. The molecule has 0 radical (unpaired) electrons. The van der Waals surface area contributed by atoms with Crippen molar-refractivity contribution in [3.8, 4) is 0 Å². The van der Waals surface area contributed by atoms with Crippen LogP contribution in [0.2, 0.25) is 0 Å². The zero-order chi connectivity index (χ0) is 19.7. The Hall–Kier alpha value is -2.90. The molecule has 8 heteroatoms. The van der Waals surface area contributed by atoms with Gasteiger partial charge in [-0.15, -0.1) is 0 Å². The summed E-state index contributed by atoms with van der Waals surface area (Å²) in [6.07, 6.45) is 0.603. The Kier molecular flexibility index (Phi) is 8.27. The highest BCUT2D eigenvalue weighted by molar-refractivity contribution is 5.97. The van der Waals surface area contributed by atoms with E-state index in [1.54, 1.807) is 0 Å². The van der Waals surface area contributed by atoms with E-state index in [2.05, 4.69) is 14.8 Å². The topological polar surface area (TPSA) is 125 Å². The predicted molar refractivity (Wildman–Crippen MR) is 92.6 cm³/mol. The molecule has 0 aliphatic rings. The number of esters is 2. The molecule has 0 aliphatic heterocycles. The molecule has 0 spiro atoms. The van der Waals surface area contributed by atoms with Crippen molar-refractivity contribution in [2.75, 3.05) is 14.2 Å². The van der Waals surface area contributed by atoms with E-state index in [1.165, 1.54) is 6.92 Å². The van der Waals surface area contributed by atoms with Gasteiger partial charge >= 0.3 is 11.9 Å². The molecule has 0 saturated carbocycles. The van der Waals surface area contributed by atoms with Crippen LogP contribution in [-0.4, -0.2) is 44.0 Å². The molecule has 0 aromatic heterocycles. The summed E-state index contributed by atoms with van der Waals surface area (Å²) >= 11 is 0. The van der Waals surface area contributed by atoms with E-state index in [0.29, 0.717) is 6.42 Å². The summed E-state index contributed by atoms with van der Waals surface area (Å²) in [6, 6.07) is 8.13. The highest BCUT2D eigenvalue weighted by atomic mass is 16.5. The minimum absolute atomic E-state index is 0.127. The van der Waals surface area contributed by atoms with Crippen molar-refractivity contribution in [1.29, 1.82) is 0 Å². The van der Waals surface area contributed by atoms with Gasteiger partial charge in [-0.2, -0.15) is 0 Å². The number of nitrogens with one attached hydrogen (secondary N) is 1. The van der Waals surface area contributed by atoms with E-state index in [0.717, 1.165) is 19.8 Å². The van der Waals surface area contributed by atoms with Crippen LogP contribution in [0.25, 0.3) is 0 Å². The smallest absolute Gasteiger partial charge is 0.320 e. The standard InChI is InChI=1S/C18H24N2O6/c1-11(14(17(23)25-2)18(24)26-3)15(16(19)22)20-13(21)10-9-12-7-5-4-6-8-12/h4-8,11,14-15H,9-10H2,1-3H3,(H2,19,22)(H,20,21)/t11-,15-/m1/s1. The van der Waals surface area contributed by atoms with Crippen LogP contribution in [-0.2, 0) is 35.1 Å². The zero-order valence-electron chi connectivity index (χ0n) is 15.1. The molecule has 0 heterocycles. The lowest BCUT2D eigenvalue weighted by atomic mass is 9.86. The summed E-state index contributed by atoms with van der Waals surface area (Å²) in [6.45, 7) is 1.45. The Morgan fingerprint density at radius 3 is 2.04 bits per heavy atom. The van der Waals surface area contributed by atoms with Crippen LogP contribution in [0.5, 0.6) is 0 Å². The summed E-state index contributed by atoms with van der Waals surface area (Å²) in [4.78, 5) is 47.7. The van der Waals surface area contributed by atoms with Crippen molar-refractivity contribution >= 4 is 23.8 Å². The number of hydrogen-bond donors (Lipinski definition) is 2. The molecule has 0 unspecified atom stereocenters. The number of carbonyl (C=O) groups is 4. The molecule has 1 rings (SSSR count). The Bertz CT molecular complexity index is 630. The first-order chi connectivity index (χ1) is 12.3. The molecule has 0 saturated heterocycles. The number of benzene rings is 1. The zero-order valence-corrected chi connectivity index (χ0v) is 15.1. The lowest BCUT2D eigenvalue weighted by molar-refractivity contribution is -0.162. The summed E-state index contributed by atoms with van der Waals surface area (Å²) in [5, 5.41) is 2.50. The number of amides is 2. The van der Waals surface area contributed by atoms with E-state index < -0.39 is 41.6 Å². The maximum Gasteiger partial charge on any atom is 0.320 e. The van der Waals surface area contributed by atoms with Gasteiger partial charge in [0, 0.05) is 12.3 Å². The molecule has 8 nitrogen and oxygen atoms in total. The van der Waals surface area contributed by atoms with E-state index in [4.69, 9.17) is 5.73 Å². The van der Waals surface area contributed by atoms with E-state index in [-0.39, 0.29) is 6.42 Å². The summed E-state index contributed by atoms with van der Waals surface area (Å²) in [5.74, 6) is -5.32. The third-order valence-corrected chi connectivity index (χ3v) is 4.07. The molecule has 0 bridgehead atoms. The largest absolute Gasteiger partial charge is 0.468 e. The fourth-order valence-corrected chi connectivity index (χ4v) is 2.58. The molecule has 2 atom stereocenters. The van der Waals surface area contributed by atoms with Gasteiger partial charge in [0.25, 0.3) is 0 Å². The molecule has 2 amide bonds. The fraction of sp³-hybridized carbons (Fsp3) is 0.444. The maximum absolute atomic E-state index is 12.2. The fourth-order valence-electron chi connectivity index (χ4n) is 2.58. The minimum Gasteiger partial charge on any atom is -0.468 e. The monoisotopic (exact) mass is 364 g/mol. The number of primary amides is 1. The van der Waals surface area contributed by atoms with Crippen LogP contribution in [0.1, 0.15) is 18.9 Å².